The van der Waals surface area contributed by atoms with Gasteiger partial charge in [-0.15, -0.1) is 0 Å². The predicted molar refractivity (Wildman–Crippen MR) is 75.9 cm³/mol. The molecule has 18 heavy (non-hydrogen) atoms. The molecule has 1 aliphatic heterocycles. The molecule has 3 rings (SSSR count). The van der Waals surface area contributed by atoms with Crippen molar-refractivity contribution in [2.24, 2.45) is 0 Å². The van der Waals surface area contributed by atoms with Crippen LogP contribution in [0.4, 0.5) is 0 Å². The smallest absolute Gasteiger partial charge is 0.0356 e. The molecule has 2 aliphatic rings. The molecule has 1 heterocycles. The summed E-state index contributed by atoms with van der Waals surface area (Å²) in [6.07, 6.45) is 5.16. The first-order valence-electron chi connectivity index (χ1n) is 7.45. The van der Waals surface area contributed by atoms with Crippen LogP contribution in [0.2, 0.25) is 0 Å². The largest absolute Gasteiger partial charge is 0.317 e. The van der Waals surface area contributed by atoms with Crippen LogP contribution in [0, 0.1) is 0 Å². The van der Waals surface area contributed by atoms with Gasteiger partial charge in [-0.05, 0) is 62.0 Å². The van der Waals surface area contributed by atoms with E-state index in [9.17, 15) is 0 Å². The number of rotatable bonds is 5. The lowest BCUT2D eigenvalue weighted by atomic mass is 9.93. The molecule has 1 unspecified atom stereocenters. The molecule has 0 amide bonds. The minimum Gasteiger partial charge on any atom is -0.317 e. The van der Waals surface area contributed by atoms with E-state index in [2.05, 4.69) is 35.3 Å². The fourth-order valence-electron chi connectivity index (χ4n) is 3.60. The first-order chi connectivity index (χ1) is 8.90. The molecule has 0 fully saturated rings. The second kappa shape index (κ2) is 5.41. The van der Waals surface area contributed by atoms with Gasteiger partial charge in [0.15, 0.2) is 0 Å². The molecule has 0 saturated heterocycles. The van der Waals surface area contributed by atoms with Gasteiger partial charge in [-0.1, -0.05) is 25.1 Å². The van der Waals surface area contributed by atoms with E-state index < -0.39 is 0 Å². The van der Waals surface area contributed by atoms with Crippen molar-refractivity contribution in [1.82, 2.24) is 10.2 Å². The van der Waals surface area contributed by atoms with Crippen molar-refractivity contribution in [2.75, 3.05) is 26.2 Å². The first-order valence-corrected chi connectivity index (χ1v) is 7.45. The Morgan fingerprint density at radius 3 is 2.94 bits per heavy atom. The summed E-state index contributed by atoms with van der Waals surface area (Å²) in [5.74, 6) is 0. The molecule has 0 radical (unpaired) electrons. The van der Waals surface area contributed by atoms with Gasteiger partial charge in [0.05, 0.1) is 0 Å². The summed E-state index contributed by atoms with van der Waals surface area (Å²) in [6, 6.07) is 7.65. The molecule has 1 atom stereocenters. The number of hydrogen-bond donors (Lipinski definition) is 1. The minimum atomic E-state index is 0.728. The first kappa shape index (κ1) is 12.2. The molecule has 1 aliphatic carbocycles. The van der Waals surface area contributed by atoms with Gasteiger partial charge >= 0.3 is 0 Å². The lowest BCUT2D eigenvalue weighted by Crippen LogP contribution is -2.36. The van der Waals surface area contributed by atoms with E-state index in [-0.39, 0.29) is 0 Å². The van der Waals surface area contributed by atoms with E-state index in [4.69, 9.17) is 0 Å². The van der Waals surface area contributed by atoms with Crippen LogP contribution in [-0.2, 0) is 12.8 Å². The van der Waals surface area contributed by atoms with Crippen LogP contribution in [-0.4, -0.2) is 31.1 Å². The molecule has 2 nitrogen and oxygen atoms in total. The van der Waals surface area contributed by atoms with Gasteiger partial charge in [0, 0.05) is 12.6 Å². The van der Waals surface area contributed by atoms with E-state index in [1.165, 1.54) is 38.8 Å². The molecule has 0 aromatic heterocycles. The van der Waals surface area contributed by atoms with Gasteiger partial charge in [0.2, 0.25) is 0 Å². The zero-order valence-electron chi connectivity index (χ0n) is 11.4. The van der Waals surface area contributed by atoms with Crippen LogP contribution >= 0.6 is 0 Å². The van der Waals surface area contributed by atoms with Crippen molar-refractivity contribution in [2.45, 2.75) is 38.6 Å². The van der Waals surface area contributed by atoms with Crippen LogP contribution in [0.5, 0.6) is 0 Å². The highest BCUT2D eigenvalue weighted by Gasteiger charge is 2.32. The molecule has 98 valence electrons. The van der Waals surface area contributed by atoms with Gasteiger partial charge in [-0.3, -0.25) is 4.90 Å². The number of hydrogen-bond acceptors (Lipinski definition) is 2. The predicted octanol–water partition coefficient (Wildman–Crippen LogP) is 2.53. The van der Waals surface area contributed by atoms with Crippen molar-refractivity contribution < 1.29 is 0 Å². The Kier molecular flexibility index (Phi) is 3.67. The number of aryl methyl sites for hydroxylation is 1. The summed E-state index contributed by atoms with van der Waals surface area (Å²) >= 11 is 0. The Hall–Kier alpha value is -0.860. The maximum Gasteiger partial charge on any atom is 0.0356 e. The molecule has 1 aromatic rings. The summed E-state index contributed by atoms with van der Waals surface area (Å²) in [4.78, 5) is 2.72. The molecule has 1 N–H and O–H groups in total. The van der Waals surface area contributed by atoms with E-state index in [0.29, 0.717) is 0 Å². The SMILES string of the molecule is CCNCCCN1CCc2cccc3c2C1CC3. The van der Waals surface area contributed by atoms with E-state index >= 15 is 0 Å². The van der Waals surface area contributed by atoms with Crippen molar-refractivity contribution in [3.63, 3.8) is 0 Å². The third kappa shape index (κ3) is 2.19. The topological polar surface area (TPSA) is 15.3 Å². The van der Waals surface area contributed by atoms with E-state index in [0.717, 1.165) is 19.1 Å². The van der Waals surface area contributed by atoms with Crippen molar-refractivity contribution in [3.05, 3.63) is 34.9 Å². The van der Waals surface area contributed by atoms with E-state index in [1.807, 2.05) is 0 Å². The fraction of sp³-hybridized carbons (Fsp3) is 0.625. The molecule has 1 aromatic carbocycles. The molecule has 0 saturated carbocycles. The third-order valence-corrected chi connectivity index (χ3v) is 4.47. The average Bonchev–Trinajstić information content (AvgIpc) is 2.83. The van der Waals surface area contributed by atoms with Crippen molar-refractivity contribution >= 4 is 0 Å². The Morgan fingerprint density at radius 2 is 2.11 bits per heavy atom. The lowest BCUT2D eigenvalue weighted by molar-refractivity contribution is 0.183. The van der Waals surface area contributed by atoms with E-state index in [1.54, 1.807) is 16.7 Å². The maximum atomic E-state index is 3.43. The minimum absolute atomic E-state index is 0.728. The van der Waals surface area contributed by atoms with Crippen LogP contribution in [0.15, 0.2) is 18.2 Å². The highest BCUT2D eigenvalue weighted by atomic mass is 15.2. The van der Waals surface area contributed by atoms with Crippen molar-refractivity contribution in [1.29, 1.82) is 0 Å². The summed E-state index contributed by atoms with van der Waals surface area (Å²) in [5.41, 5.74) is 4.93. The third-order valence-electron chi connectivity index (χ3n) is 4.47. The maximum absolute atomic E-state index is 3.43. The van der Waals surface area contributed by atoms with Crippen LogP contribution in [0.25, 0.3) is 0 Å². The normalized spacial score (nSPS) is 22.2. The van der Waals surface area contributed by atoms with Crippen LogP contribution in [0.3, 0.4) is 0 Å². The number of benzene rings is 1. The van der Waals surface area contributed by atoms with Gasteiger partial charge in [0.25, 0.3) is 0 Å². The second-order valence-corrected chi connectivity index (χ2v) is 5.54. The van der Waals surface area contributed by atoms with Gasteiger partial charge in [0.1, 0.15) is 0 Å². The van der Waals surface area contributed by atoms with Crippen molar-refractivity contribution in [3.8, 4) is 0 Å². The van der Waals surface area contributed by atoms with Gasteiger partial charge in [-0.25, -0.2) is 0 Å². The van der Waals surface area contributed by atoms with Gasteiger partial charge in [-0.2, -0.15) is 0 Å². The highest BCUT2D eigenvalue weighted by Crippen LogP contribution is 2.40. The fourth-order valence-corrected chi connectivity index (χ4v) is 3.60. The lowest BCUT2D eigenvalue weighted by Gasteiger charge is -2.35. The Balaban J connectivity index is 1.67. The summed E-state index contributed by atoms with van der Waals surface area (Å²) < 4.78 is 0. The average molecular weight is 244 g/mol. The molecule has 0 bridgehead atoms. The second-order valence-electron chi connectivity index (χ2n) is 5.54. The molecule has 2 heteroatoms. The molecular formula is C16H24N2. The van der Waals surface area contributed by atoms with Crippen LogP contribution < -0.4 is 5.32 Å². The monoisotopic (exact) mass is 244 g/mol. The quantitative estimate of drug-likeness (QED) is 0.801. The number of nitrogens with one attached hydrogen (secondary N) is 1. The highest BCUT2D eigenvalue weighted by molar-refractivity contribution is 5.43. The summed E-state index contributed by atoms with van der Waals surface area (Å²) in [7, 11) is 0. The molecule has 0 spiro atoms. The summed E-state index contributed by atoms with van der Waals surface area (Å²) in [5, 5.41) is 3.43. The summed E-state index contributed by atoms with van der Waals surface area (Å²) in [6.45, 7) is 6.95. The number of nitrogens with zero attached hydrogens (tertiary/aromatic N) is 1. The standard InChI is InChI=1S/C16H24N2/c1-2-17-10-4-11-18-12-9-14-6-3-5-13-7-8-15(18)16(13)14/h3,5-6,15,17H,2,4,7-12H2,1H3. The van der Waals surface area contributed by atoms with Gasteiger partial charge < -0.3 is 5.32 Å². The zero-order valence-corrected chi connectivity index (χ0v) is 11.4. The Bertz CT molecular complexity index is 414. The van der Waals surface area contributed by atoms with Crippen LogP contribution in [0.1, 0.15) is 42.5 Å². The Labute approximate surface area is 110 Å². The Morgan fingerprint density at radius 1 is 1.28 bits per heavy atom. The molecular weight excluding hydrogens is 220 g/mol. The zero-order chi connectivity index (χ0) is 12.4.